The summed E-state index contributed by atoms with van der Waals surface area (Å²) in [6.45, 7) is 3.73. The molecule has 2 atom stereocenters. The Morgan fingerprint density at radius 1 is 1.50 bits per heavy atom. The lowest BCUT2D eigenvalue weighted by atomic mass is 10.1. The molecule has 0 spiro atoms. The Balaban J connectivity index is 2.51. The fraction of sp³-hybridized carbons (Fsp3) is 0.556. The summed E-state index contributed by atoms with van der Waals surface area (Å²) in [7, 11) is 0. The van der Waals surface area contributed by atoms with Gasteiger partial charge >= 0.3 is 0 Å². The first-order valence-electron chi connectivity index (χ1n) is 4.50. The van der Waals surface area contributed by atoms with E-state index >= 15 is 0 Å². The maximum Gasteiger partial charge on any atom is 0.134 e. The van der Waals surface area contributed by atoms with Gasteiger partial charge in [0.1, 0.15) is 17.3 Å². The van der Waals surface area contributed by atoms with Gasteiger partial charge < -0.3 is 10.4 Å². The van der Waals surface area contributed by atoms with E-state index in [1.165, 1.54) is 6.33 Å². The number of hydrogen-bond acceptors (Lipinski definition) is 4. The minimum absolute atomic E-state index is 0.154. The molecule has 0 fully saturated rings. The van der Waals surface area contributed by atoms with Crippen molar-refractivity contribution in [2.75, 3.05) is 5.32 Å². The van der Waals surface area contributed by atoms with Crippen molar-refractivity contribution in [1.29, 1.82) is 0 Å². The predicted octanol–water partition coefficient (Wildman–Crippen LogP) is 1.70. The number of rotatable bonds is 4. The van der Waals surface area contributed by atoms with Gasteiger partial charge in [-0.3, -0.25) is 0 Å². The number of aliphatic hydroxyl groups excluding tert-OH is 1. The van der Waals surface area contributed by atoms with Crippen LogP contribution in [0.2, 0.25) is 5.15 Å². The van der Waals surface area contributed by atoms with Crippen molar-refractivity contribution >= 4 is 17.4 Å². The molecule has 14 heavy (non-hydrogen) atoms. The maximum atomic E-state index is 9.16. The van der Waals surface area contributed by atoms with E-state index in [9.17, 15) is 0 Å². The van der Waals surface area contributed by atoms with Gasteiger partial charge in [-0.1, -0.05) is 11.6 Å². The van der Waals surface area contributed by atoms with Crippen molar-refractivity contribution in [3.63, 3.8) is 0 Å². The second-order valence-electron chi connectivity index (χ2n) is 3.36. The van der Waals surface area contributed by atoms with Gasteiger partial charge in [0, 0.05) is 12.1 Å². The Morgan fingerprint density at radius 3 is 2.79 bits per heavy atom. The topological polar surface area (TPSA) is 58.0 Å². The number of aliphatic hydroxyl groups is 1. The highest BCUT2D eigenvalue weighted by Gasteiger charge is 2.06. The summed E-state index contributed by atoms with van der Waals surface area (Å²) in [6, 6.07) is 1.81. The lowest BCUT2D eigenvalue weighted by Crippen LogP contribution is -2.21. The van der Waals surface area contributed by atoms with Crippen LogP contribution in [0.3, 0.4) is 0 Å². The van der Waals surface area contributed by atoms with Gasteiger partial charge in [0.05, 0.1) is 6.10 Å². The normalized spacial score (nSPS) is 14.9. The van der Waals surface area contributed by atoms with Crippen LogP contribution in [0.15, 0.2) is 12.4 Å². The van der Waals surface area contributed by atoms with Crippen molar-refractivity contribution in [3.8, 4) is 0 Å². The quantitative estimate of drug-likeness (QED) is 0.751. The Hall–Kier alpha value is -0.870. The van der Waals surface area contributed by atoms with E-state index < -0.39 is 0 Å². The minimum Gasteiger partial charge on any atom is -0.393 e. The van der Waals surface area contributed by atoms with Crippen molar-refractivity contribution in [2.24, 2.45) is 0 Å². The van der Waals surface area contributed by atoms with E-state index in [-0.39, 0.29) is 12.1 Å². The average molecular weight is 216 g/mol. The van der Waals surface area contributed by atoms with Crippen molar-refractivity contribution < 1.29 is 5.11 Å². The van der Waals surface area contributed by atoms with E-state index in [4.69, 9.17) is 16.7 Å². The third-order valence-electron chi connectivity index (χ3n) is 1.72. The smallest absolute Gasteiger partial charge is 0.134 e. The Morgan fingerprint density at radius 2 is 2.21 bits per heavy atom. The standard InChI is InChI=1S/C9H14ClN3O/c1-6(3-7(2)14)13-9-4-8(10)11-5-12-9/h4-7,14H,3H2,1-2H3,(H,11,12,13). The largest absolute Gasteiger partial charge is 0.393 e. The summed E-state index contributed by atoms with van der Waals surface area (Å²) < 4.78 is 0. The van der Waals surface area contributed by atoms with Crippen molar-refractivity contribution in [2.45, 2.75) is 32.4 Å². The Bertz CT molecular complexity index is 293. The van der Waals surface area contributed by atoms with Crippen molar-refractivity contribution in [3.05, 3.63) is 17.5 Å². The second kappa shape index (κ2) is 5.12. The highest BCUT2D eigenvalue weighted by atomic mass is 35.5. The first kappa shape index (κ1) is 11.2. The number of nitrogens with zero attached hydrogens (tertiary/aromatic N) is 2. The fourth-order valence-corrected chi connectivity index (χ4v) is 1.38. The van der Waals surface area contributed by atoms with Gasteiger partial charge in [0.25, 0.3) is 0 Å². The molecule has 0 amide bonds. The number of halogens is 1. The van der Waals surface area contributed by atoms with Gasteiger partial charge in [0.2, 0.25) is 0 Å². The summed E-state index contributed by atoms with van der Waals surface area (Å²) in [6.07, 6.45) is 1.75. The highest BCUT2D eigenvalue weighted by molar-refractivity contribution is 6.29. The molecule has 0 saturated carbocycles. The van der Waals surface area contributed by atoms with Crippen LogP contribution in [-0.2, 0) is 0 Å². The molecule has 1 heterocycles. The zero-order chi connectivity index (χ0) is 10.6. The van der Waals surface area contributed by atoms with E-state index in [0.29, 0.717) is 17.4 Å². The first-order chi connectivity index (χ1) is 6.58. The molecule has 1 aromatic rings. The average Bonchev–Trinajstić information content (AvgIpc) is 2.01. The van der Waals surface area contributed by atoms with Crippen LogP contribution in [0.25, 0.3) is 0 Å². The fourth-order valence-electron chi connectivity index (χ4n) is 1.24. The lowest BCUT2D eigenvalue weighted by Gasteiger charge is -2.15. The second-order valence-corrected chi connectivity index (χ2v) is 3.74. The zero-order valence-corrected chi connectivity index (χ0v) is 8.99. The molecule has 1 rings (SSSR count). The Kier molecular flexibility index (Phi) is 4.10. The summed E-state index contributed by atoms with van der Waals surface area (Å²) in [5.41, 5.74) is 0. The van der Waals surface area contributed by atoms with E-state index in [1.54, 1.807) is 13.0 Å². The molecule has 0 aliphatic heterocycles. The number of aromatic nitrogens is 2. The molecule has 1 aromatic heterocycles. The van der Waals surface area contributed by atoms with Gasteiger partial charge in [-0.05, 0) is 20.3 Å². The maximum absolute atomic E-state index is 9.16. The molecule has 0 aromatic carbocycles. The van der Waals surface area contributed by atoms with E-state index in [2.05, 4.69) is 15.3 Å². The zero-order valence-electron chi connectivity index (χ0n) is 8.24. The molecule has 0 bridgehead atoms. The summed E-state index contributed by atoms with van der Waals surface area (Å²) in [4.78, 5) is 7.77. The molecule has 2 unspecified atom stereocenters. The number of hydrogen-bond donors (Lipinski definition) is 2. The SMILES string of the molecule is CC(O)CC(C)Nc1cc(Cl)ncn1. The number of anilines is 1. The summed E-state index contributed by atoms with van der Waals surface area (Å²) >= 11 is 5.69. The molecule has 0 aliphatic carbocycles. The van der Waals surface area contributed by atoms with Crippen LogP contribution >= 0.6 is 11.6 Å². The van der Waals surface area contributed by atoms with Crippen LogP contribution in [0.1, 0.15) is 20.3 Å². The van der Waals surface area contributed by atoms with Gasteiger partial charge in [0.15, 0.2) is 0 Å². The van der Waals surface area contributed by atoms with Crippen LogP contribution < -0.4 is 5.32 Å². The summed E-state index contributed by atoms with van der Waals surface area (Å²) in [5.74, 6) is 0.679. The van der Waals surface area contributed by atoms with Gasteiger partial charge in [-0.25, -0.2) is 9.97 Å². The molecule has 5 heteroatoms. The third-order valence-corrected chi connectivity index (χ3v) is 1.93. The third kappa shape index (κ3) is 3.89. The van der Waals surface area contributed by atoms with E-state index in [0.717, 1.165) is 0 Å². The number of nitrogens with one attached hydrogen (secondary N) is 1. The molecule has 0 radical (unpaired) electrons. The van der Waals surface area contributed by atoms with Crippen LogP contribution in [-0.4, -0.2) is 27.2 Å². The minimum atomic E-state index is -0.324. The van der Waals surface area contributed by atoms with Crippen LogP contribution in [0.4, 0.5) is 5.82 Å². The molecule has 4 nitrogen and oxygen atoms in total. The first-order valence-corrected chi connectivity index (χ1v) is 4.88. The summed E-state index contributed by atoms with van der Waals surface area (Å²) in [5, 5.41) is 12.7. The highest BCUT2D eigenvalue weighted by Crippen LogP contribution is 2.11. The molecule has 2 N–H and O–H groups in total. The molecule has 0 aliphatic rings. The predicted molar refractivity (Wildman–Crippen MR) is 56.4 cm³/mol. The monoisotopic (exact) mass is 215 g/mol. The van der Waals surface area contributed by atoms with Gasteiger partial charge in [-0.2, -0.15) is 0 Å². The van der Waals surface area contributed by atoms with E-state index in [1.807, 2.05) is 6.92 Å². The molecular formula is C9H14ClN3O. The van der Waals surface area contributed by atoms with Crippen LogP contribution in [0, 0.1) is 0 Å². The lowest BCUT2D eigenvalue weighted by molar-refractivity contribution is 0.179. The molecular weight excluding hydrogens is 202 g/mol. The Labute approximate surface area is 88.3 Å². The molecule has 0 saturated heterocycles. The van der Waals surface area contributed by atoms with Crippen molar-refractivity contribution in [1.82, 2.24) is 9.97 Å². The van der Waals surface area contributed by atoms with Gasteiger partial charge in [-0.15, -0.1) is 0 Å². The van der Waals surface area contributed by atoms with Crippen LogP contribution in [0.5, 0.6) is 0 Å². The molecule has 78 valence electrons.